The van der Waals surface area contributed by atoms with Crippen molar-refractivity contribution >= 4 is 40.7 Å². The molecule has 1 amide bonds. The summed E-state index contributed by atoms with van der Waals surface area (Å²) in [6.45, 7) is 1.78. The van der Waals surface area contributed by atoms with Gasteiger partial charge in [0, 0.05) is 11.3 Å². The number of para-hydroxylation sites is 2. The van der Waals surface area contributed by atoms with E-state index in [-0.39, 0.29) is 5.91 Å². The molecule has 4 rings (SSSR count). The number of carbonyl (C=O) groups excluding carboxylic acids is 1. The van der Waals surface area contributed by atoms with E-state index in [1.54, 1.807) is 44.4 Å². The zero-order valence-electron chi connectivity index (χ0n) is 15.5. The molecule has 0 unspecified atom stereocenters. The molecule has 1 aliphatic rings. The van der Waals surface area contributed by atoms with Gasteiger partial charge in [-0.2, -0.15) is 4.68 Å². The Morgan fingerprint density at radius 3 is 2.79 bits per heavy atom. The standard InChI is InChI=1S/C19H16Cl2N6O2/c1-10-15(18(28)23-13-8-3-4-9-14(13)29-2)17(27-19(22-10)24-25-26-27)11-6-5-7-12(20)16(11)21/h3-9,17H,1-2H3,(H,23,28)(H,22,24,26)/t17-/m1/s1. The summed E-state index contributed by atoms with van der Waals surface area (Å²) in [5.74, 6) is 0.599. The number of nitrogens with one attached hydrogen (secondary N) is 2. The second-order valence-electron chi connectivity index (χ2n) is 6.31. The van der Waals surface area contributed by atoms with Crippen molar-refractivity contribution in [2.24, 2.45) is 0 Å². The number of methoxy groups -OCH3 is 1. The second kappa shape index (κ2) is 7.73. The van der Waals surface area contributed by atoms with Crippen LogP contribution in [0.3, 0.4) is 0 Å². The number of aromatic nitrogens is 4. The van der Waals surface area contributed by atoms with Crippen LogP contribution in [0.4, 0.5) is 11.6 Å². The van der Waals surface area contributed by atoms with Crippen LogP contribution in [-0.2, 0) is 4.79 Å². The minimum absolute atomic E-state index is 0.331. The fraction of sp³-hybridized carbons (Fsp3) is 0.158. The largest absolute Gasteiger partial charge is 0.495 e. The quantitative estimate of drug-likeness (QED) is 0.651. The third kappa shape index (κ3) is 3.41. The maximum Gasteiger partial charge on any atom is 0.255 e. The fourth-order valence-corrected chi connectivity index (χ4v) is 3.67. The first-order valence-electron chi connectivity index (χ1n) is 8.65. The Hall–Kier alpha value is -3.10. The Balaban J connectivity index is 1.81. The Morgan fingerprint density at radius 2 is 2.00 bits per heavy atom. The number of nitrogens with zero attached hydrogens (tertiary/aromatic N) is 4. The highest BCUT2D eigenvalue weighted by Gasteiger charge is 2.35. The number of ether oxygens (including phenoxy) is 1. The van der Waals surface area contributed by atoms with Crippen molar-refractivity contribution in [3.63, 3.8) is 0 Å². The predicted octanol–water partition coefficient (Wildman–Crippen LogP) is 3.92. The summed E-state index contributed by atoms with van der Waals surface area (Å²) in [6, 6.07) is 11.7. The Kier molecular flexibility index (Phi) is 5.12. The lowest BCUT2D eigenvalue weighted by atomic mass is 9.95. The first kappa shape index (κ1) is 19.2. The lowest BCUT2D eigenvalue weighted by Crippen LogP contribution is -2.31. The fourth-order valence-electron chi connectivity index (χ4n) is 3.26. The van der Waals surface area contributed by atoms with Crippen LogP contribution < -0.4 is 15.4 Å². The maximum absolute atomic E-state index is 13.3. The van der Waals surface area contributed by atoms with Gasteiger partial charge < -0.3 is 15.4 Å². The smallest absolute Gasteiger partial charge is 0.255 e. The zero-order valence-corrected chi connectivity index (χ0v) is 17.0. The minimum Gasteiger partial charge on any atom is -0.495 e. The van der Waals surface area contributed by atoms with Gasteiger partial charge in [-0.1, -0.05) is 52.6 Å². The molecule has 0 saturated heterocycles. The van der Waals surface area contributed by atoms with Crippen LogP contribution in [0.1, 0.15) is 18.5 Å². The van der Waals surface area contributed by atoms with Crippen molar-refractivity contribution in [3.05, 3.63) is 69.3 Å². The zero-order chi connectivity index (χ0) is 20.5. The predicted molar refractivity (Wildman–Crippen MR) is 110 cm³/mol. The Morgan fingerprint density at radius 1 is 1.21 bits per heavy atom. The van der Waals surface area contributed by atoms with E-state index in [0.717, 1.165) is 0 Å². The van der Waals surface area contributed by atoms with Crippen LogP contribution in [-0.4, -0.2) is 33.2 Å². The first-order valence-corrected chi connectivity index (χ1v) is 9.40. The molecule has 2 heterocycles. The van der Waals surface area contributed by atoms with Gasteiger partial charge in [-0.15, -0.1) is 0 Å². The summed E-state index contributed by atoms with van der Waals surface area (Å²) in [6.07, 6.45) is 0. The summed E-state index contributed by atoms with van der Waals surface area (Å²) in [7, 11) is 1.54. The summed E-state index contributed by atoms with van der Waals surface area (Å²) in [5.41, 5.74) is 2.15. The molecule has 0 radical (unpaired) electrons. The summed E-state index contributed by atoms with van der Waals surface area (Å²) >= 11 is 12.7. The molecule has 1 atom stereocenters. The van der Waals surface area contributed by atoms with E-state index in [1.807, 2.05) is 12.1 Å². The summed E-state index contributed by atoms with van der Waals surface area (Å²) in [5, 5.41) is 18.4. The highest BCUT2D eigenvalue weighted by Crippen LogP contribution is 2.40. The molecule has 0 saturated carbocycles. The van der Waals surface area contributed by atoms with Crippen molar-refractivity contribution in [1.29, 1.82) is 0 Å². The number of allylic oxidation sites excluding steroid dienone is 1. The van der Waals surface area contributed by atoms with Crippen molar-refractivity contribution in [3.8, 4) is 5.75 Å². The molecule has 1 aromatic heterocycles. The second-order valence-corrected chi connectivity index (χ2v) is 7.10. The molecule has 2 N–H and O–H groups in total. The number of rotatable bonds is 4. The van der Waals surface area contributed by atoms with Gasteiger partial charge >= 0.3 is 0 Å². The number of benzene rings is 2. The van der Waals surface area contributed by atoms with Crippen LogP contribution in [0.15, 0.2) is 53.7 Å². The van der Waals surface area contributed by atoms with Gasteiger partial charge in [0.05, 0.1) is 28.4 Å². The number of carbonyl (C=O) groups is 1. The molecule has 2 aromatic carbocycles. The third-order valence-electron chi connectivity index (χ3n) is 4.59. The molecule has 10 heteroatoms. The number of halogens is 2. The van der Waals surface area contributed by atoms with Crippen LogP contribution in [0, 0.1) is 0 Å². The van der Waals surface area contributed by atoms with Gasteiger partial charge in [-0.3, -0.25) is 4.79 Å². The Labute approximate surface area is 176 Å². The van der Waals surface area contributed by atoms with E-state index in [9.17, 15) is 4.79 Å². The number of anilines is 2. The molecule has 1 aliphatic heterocycles. The normalized spacial score (nSPS) is 15.5. The van der Waals surface area contributed by atoms with Crippen molar-refractivity contribution < 1.29 is 9.53 Å². The number of hydrogen-bond acceptors (Lipinski definition) is 6. The lowest BCUT2D eigenvalue weighted by Gasteiger charge is -2.28. The summed E-state index contributed by atoms with van der Waals surface area (Å²) in [4.78, 5) is 13.3. The van der Waals surface area contributed by atoms with Crippen molar-refractivity contribution in [2.75, 3.05) is 17.7 Å². The average molecular weight is 431 g/mol. The molecular formula is C19H16Cl2N6O2. The van der Waals surface area contributed by atoms with E-state index in [4.69, 9.17) is 27.9 Å². The van der Waals surface area contributed by atoms with E-state index in [2.05, 4.69) is 26.2 Å². The highest BCUT2D eigenvalue weighted by atomic mass is 35.5. The topological polar surface area (TPSA) is 94.0 Å². The van der Waals surface area contributed by atoms with Gasteiger partial charge in [-0.25, -0.2) is 0 Å². The Bertz CT molecular complexity index is 1130. The van der Waals surface area contributed by atoms with Crippen molar-refractivity contribution in [1.82, 2.24) is 20.2 Å². The SMILES string of the molecule is COc1ccccc1NC(=O)C1=C(C)Nc2nnnn2[C@@H]1c1cccc(Cl)c1Cl. The average Bonchev–Trinajstić information content (AvgIpc) is 3.17. The van der Waals surface area contributed by atoms with Crippen LogP contribution in [0.5, 0.6) is 5.75 Å². The number of hydrogen-bond donors (Lipinski definition) is 2. The number of fused-ring (bicyclic) bond motifs is 1. The van der Waals surface area contributed by atoms with E-state index in [0.29, 0.717) is 44.3 Å². The van der Waals surface area contributed by atoms with Gasteiger partial charge in [0.1, 0.15) is 11.8 Å². The molecule has 148 valence electrons. The lowest BCUT2D eigenvalue weighted by molar-refractivity contribution is -0.113. The molecule has 8 nitrogen and oxygen atoms in total. The molecule has 0 bridgehead atoms. The van der Waals surface area contributed by atoms with Crippen LogP contribution in [0.25, 0.3) is 0 Å². The van der Waals surface area contributed by atoms with Crippen LogP contribution >= 0.6 is 23.2 Å². The monoisotopic (exact) mass is 430 g/mol. The van der Waals surface area contributed by atoms with Crippen molar-refractivity contribution in [2.45, 2.75) is 13.0 Å². The molecule has 0 fully saturated rings. The van der Waals surface area contributed by atoms with Gasteiger partial charge in [0.2, 0.25) is 5.95 Å². The maximum atomic E-state index is 13.3. The summed E-state index contributed by atoms with van der Waals surface area (Å²) < 4.78 is 6.83. The minimum atomic E-state index is -0.665. The van der Waals surface area contributed by atoms with Gasteiger partial charge in [-0.05, 0) is 35.5 Å². The van der Waals surface area contributed by atoms with E-state index >= 15 is 0 Å². The molecule has 0 spiro atoms. The number of tetrazole rings is 1. The molecule has 3 aromatic rings. The molecular weight excluding hydrogens is 415 g/mol. The first-order chi connectivity index (χ1) is 14.0. The third-order valence-corrected chi connectivity index (χ3v) is 5.42. The van der Waals surface area contributed by atoms with Crippen LogP contribution in [0.2, 0.25) is 10.0 Å². The van der Waals surface area contributed by atoms with E-state index < -0.39 is 6.04 Å². The highest BCUT2D eigenvalue weighted by molar-refractivity contribution is 6.42. The molecule has 29 heavy (non-hydrogen) atoms. The number of amides is 1. The molecule has 0 aliphatic carbocycles. The van der Waals surface area contributed by atoms with E-state index in [1.165, 1.54) is 4.68 Å². The van der Waals surface area contributed by atoms with Gasteiger partial charge in [0.25, 0.3) is 5.91 Å². The van der Waals surface area contributed by atoms with Gasteiger partial charge in [0.15, 0.2) is 0 Å².